The van der Waals surface area contributed by atoms with E-state index >= 15 is 0 Å². The molecular weight excluding hydrogens is 260 g/mol. The first kappa shape index (κ1) is 11.9. The summed E-state index contributed by atoms with van der Waals surface area (Å²) < 4.78 is 5.28. The van der Waals surface area contributed by atoms with Crippen molar-refractivity contribution in [2.45, 2.75) is 13.3 Å². The summed E-state index contributed by atoms with van der Waals surface area (Å²) in [5.74, 6) is 1.14. The number of aromatic nitrogens is 3. The summed E-state index contributed by atoms with van der Waals surface area (Å²) in [6, 6.07) is 7.66. The fourth-order valence-electron chi connectivity index (χ4n) is 1.80. The van der Waals surface area contributed by atoms with Crippen LogP contribution in [-0.4, -0.2) is 15.1 Å². The monoisotopic (exact) mass is 272 g/mol. The zero-order valence-electron chi connectivity index (χ0n) is 10.3. The Morgan fingerprint density at radius 2 is 2.26 bits per heavy atom. The molecule has 3 aromatic rings. The maximum atomic E-state index is 5.77. The van der Waals surface area contributed by atoms with Gasteiger partial charge in [-0.1, -0.05) is 11.2 Å². The van der Waals surface area contributed by atoms with Crippen molar-refractivity contribution >= 4 is 16.3 Å². The summed E-state index contributed by atoms with van der Waals surface area (Å²) in [6.07, 6.45) is 2.31. The van der Waals surface area contributed by atoms with E-state index in [1.807, 2.05) is 31.2 Å². The van der Waals surface area contributed by atoms with Crippen molar-refractivity contribution in [3.8, 4) is 10.8 Å². The van der Waals surface area contributed by atoms with E-state index in [1.54, 1.807) is 6.20 Å². The molecule has 0 radical (unpaired) electrons. The molecule has 0 fully saturated rings. The highest BCUT2D eigenvalue weighted by molar-refractivity contribution is 7.19. The van der Waals surface area contributed by atoms with Crippen LogP contribution in [0, 0.1) is 6.92 Å². The Bertz CT molecular complexity index is 690. The van der Waals surface area contributed by atoms with Crippen LogP contribution < -0.4 is 5.73 Å². The number of nitrogens with zero attached hydrogens (tertiary/aromatic N) is 3. The van der Waals surface area contributed by atoms with Gasteiger partial charge in [0.05, 0.1) is 16.3 Å². The molecule has 0 aliphatic carbocycles. The van der Waals surface area contributed by atoms with Gasteiger partial charge in [0.15, 0.2) is 5.82 Å². The molecule has 6 heteroatoms. The third-order valence-electron chi connectivity index (χ3n) is 2.66. The molecule has 3 rings (SSSR count). The number of hydrogen-bond acceptors (Lipinski definition) is 6. The Morgan fingerprint density at radius 3 is 2.95 bits per heavy atom. The predicted molar refractivity (Wildman–Crippen MR) is 73.8 cm³/mol. The number of thiophene rings is 1. The average molecular weight is 272 g/mol. The third-order valence-corrected chi connectivity index (χ3v) is 3.72. The number of nitrogen functional groups attached to an aromatic ring is 1. The zero-order valence-corrected chi connectivity index (χ0v) is 11.1. The number of aryl methyl sites for hydroxylation is 1. The lowest BCUT2D eigenvalue weighted by atomic mass is 10.2. The van der Waals surface area contributed by atoms with Crippen molar-refractivity contribution < 1.29 is 4.52 Å². The number of rotatable bonds is 3. The Kier molecular flexibility index (Phi) is 3.00. The molecular formula is C13H12N4OS. The Balaban J connectivity index is 1.86. The lowest BCUT2D eigenvalue weighted by Crippen LogP contribution is -1.93. The van der Waals surface area contributed by atoms with E-state index in [2.05, 4.69) is 15.1 Å². The van der Waals surface area contributed by atoms with Gasteiger partial charge in [-0.2, -0.15) is 4.98 Å². The molecule has 0 saturated heterocycles. The van der Waals surface area contributed by atoms with Crippen molar-refractivity contribution in [3.63, 3.8) is 0 Å². The maximum absolute atomic E-state index is 5.77. The Hall–Kier alpha value is -2.21. The summed E-state index contributed by atoms with van der Waals surface area (Å²) in [5.41, 5.74) is 7.73. The van der Waals surface area contributed by atoms with E-state index in [0.717, 1.165) is 21.1 Å². The van der Waals surface area contributed by atoms with Gasteiger partial charge >= 0.3 is 0 Å². The minimum absolute atomic E-state index is 0.519. The second kappa shape index (κ2) is 4.81. The largest absolute Gasteiger partial charge is 0.391 e. The predicted octanol–water partition coefficient (Wildman–Crippen LogP) is 2.67. The molecule has 3 aromatic heterocycles. The van der Waals surface area contributed by atoms with E-state index in [4.69, 9.17) is 10.3 Å². The van der Waals surface area contributed by atoms with E-state index < -0.39 is 0 Å². The molecule has 2 N–H and O–H groups in total. The van der Waals surface area contributed by atoms with E-state index in [1.165, 1.54) is 11.3 Å². The molecule has 19 heavy (non-hydrogen) atoms. The molecule has 96 valence electrons. The third kappa shape index (κ3) is 2.48. The second-order valence-electron chi connectivity index (χ2n) is 4.17. The molecule has 3 heterocycles. The van der Waals surface area contributed by atoms with Crippen LogP contribution in [0.25, 0.3) is 10.8 Å². The van der Waals surface area contributed by atoms with Crippen molar-refractivity contribution in [1.29, 1.82) is 0 Å². The molecule has 0 saturated carbocycles. The SMILES string of the molecule is Cc1cc(N)sc1-c1nc(Cc2ccccn2)no1. The van der Waals surface area contributed by atoms with Crippen molar-refractivity contribution in [1.82, 2.24) is 15.1 Å². The van der Waals surface area contributed by atoms with E-state index in [9.17, 15) is 0 Å². The highest BCUT2D eigenvalue weighted by Gasteiger charge is 2.14. The number of pyridine rings is 1. The first-order valence-electron chi connectivity index (χ1n) is 5.81. The first-order valence-corrected chi connectivity index (χ1v) is 6.63. The van der Waals surface area contributed by atoms with Crippen molar-refractivity contribution in [3.05, 3.63) is 47.5 Å². The van der Waals surface area contributed by atoms with Gasteiger partial charge in [0, 0.05) is 11.9 Å². The van der Waals surface area contributed by atoms with Gasteiger partial charge < -0.3 is 10.3 Å². The standard InChI is InChI=1S/C13H12N4OS/c1-8-6-10(14)19-12(8)13-16-11(17-18-13)7-9-4-2-3-5-15-9/h2-6H,7,14H2,1H3. The summed E-state index contributed by atoms with van der Waals surface area (Å²) in [6.45, 7) is 1.98. The quantitative estimate of drug-likeness (QED) is 0.793. The number of hydrogen-bond donors (Lipinski definition) is 1. The zero-order chi connectivity index (χ0) is 13.2. The molecule has 0 amide bonds. The lowest BCUT2D eigenvalue weighted by molar-refractivity contribution is 0.424. The van der Waals surface area contributed by atoms with E-state index in [0.29, 0.717) is 18.1 Å². The summed E-state index contributed by atoms with van der Waals surface area (Å²) in [5, 5.41) is 4.73. The molecule has 0 aromatic carbocycles. The smallest absolute Gasteiger partial charge is 0.268 e. The topological polar surface area (TPSA) is 77.8 Å². The maximum Gasteiger partial charge on any atom is 0.268 e. The van der Waals surface area contributed by atoms with Crippen LogP contribution in [0.5, 0.6) is 0 Å². The van der Waals surface area contributed by atoms with Crippen LogP contribution in [0.2, 0.25) is 0 Å². The normalized spacial score (nSPS) is 10.8. The van der Waals surface area contributed by atoms with Gasteiger partial charge in [0.25, 0.3) is 5.89 Å². The molecule has 0 bridgehead atoms. The Labute approximate surface area is 114 Å². The lowest BCUT2D eigenvalue weighted by Gasteiger charge is -1.93. The van der Waals surface area contributed by atoms with Gasteiger partial charge in [-0.05, 0) is 30.7 Å². The van der Waals surface area contributed by atoms with Crippen molar-refractivity contribution in [2.24, 2.45) is 0 Å². The van der Waals surface area contributed by atoms with Gasteiger partial charge in [0.1, 0.15) is 0 Å². The summed E-state index contributed by atoms with van der Waals surface area (Å²) in [7, 11) is 0. The minimum atomic E-state index is 0.519. The Morgan fingerprint density at radius 1 is 1.37 bits per heavy atom. The number of anilines is 1. The van der Waals surface area contributed by atoms with Crippen LogP contribution in [0.1, 0.15) is 17.1 Å². The van der Waals surface area contributed by atoms with Crippen LogP contribution in [0.4, 0.5) is 5.00 Å². The van der Waals surface area contributed by atoms with Crippen molar-refractivity contribution in [2.75, 3.05) is 5.73 Å². The second-order valence-corrected chi connectivity index (χ2v) is 5.26. The minimum Gasteiger partial charge on any atom is -0.391 e. The van der Waals surface area contributed by atoms with Crippen LogP contribution in [0.15, 0.2) is 35.0 Å². The number of nitrogens with two attached hydrogens (primary N) is 1. The molecule has 5 nitrogen and oxygen atoms in total. The van der Waals surface area contributed by atoms with E-state index in [-0.39, 0.29) is 0 Å². The first-order chi connectivity index (χ1) is 9.22. The molecule has 0 aliphatic heterocycles. The molecule has 0 atom stereocenters. The summed E-state index contributed by atoms with van der Waals surface area (Å²) >= 11 is 1.45. The van der Waals surface area contributed by atoms with Gasteiger partial charge in [0.2, 0.25) is 0 Å². The molecule has 0 aliphatic rings. The van der Waals surface area contributed by atoms with Gasteiger partial charge in [-0.3, -0.25) is 4.98 Å². The van der Waals surface area contributed by atoms with Crippen LogP contribution in [0.3, 0.4) is 0 Å². The average Bonchev–Trinajstić information content (AvgIpc) is 2.97. The fourth-order valence-corrected chi connectivity index (χ4v) is 2.66. The molecule has 0 unspecified atom stereocenters. The van der Waals surface area contributed by atoms with Crippen LogP contribution in [-0.2, 0) is 6.42 Å². The van der Waals surface area contributed by atoms with Gasteiger partial charge in [-0.25, -0.2) is 0 Å². The summed E-state index contributed by atoms with van der Waals surface area (Å²) in [4.78, 5) is 9.55. The fraction of sp³-hybridized carbons (Fsp3) is 0.154. The highest BCUT2D eigenvalue weighted by atomic mass is 32.1. The van der Waals surface area contributed by atoms with Gasteiger partial charge in [-0.15, -0.1) is 11.3 Å². The van der Waals surface area contributed by atoms with Crippen LogP contribution >= 0.6 is 11.3 Å². The molecule has 0 spiro atoms. The highest BCUT2D eigenvalue weighted by Crippen LogP contribution is 2.32.